The summed E-state index contributed by atoms with van der Waals surface area (Å²) in [6, 6.07) is 16.5. The summed E-state index contributed by atoms with van der Waals surface area (Å²) in [5.74, 6) is 0.124. The zero-order chi connectivity index (χ0) is 18.5. The molecule has 2 atom stereocenters. The van der Waals surface area contributed by atoms with E-state index < -0.39 is 0 Å². The monoisotopic (exact) mass is 360 g/mol. The molecule has 3 heterocycles. The summed E-state index contributed by atoms with van der Waals surface area (Å²) in [5.41, 5.74) is 5.60. The van der Waals surface area contributed by atoms with Gasteiger partial charge in [0, 0.05) is 47.9 Å². The standard InChI is InChI=1S/C23H24N2O2/c1-15-21(19-11-5-6-12-20(19)24(15)2)22-17-9-3-4-10-18(17)23(26)25(22)14-16-8-7-13-27-16/h3-6,9-12,16,22H,7-8,13-14H2,1-2H3/t16-,22-/m1/s1. The Kier molecular flexibility index (Phi) is 3.83. The third-order valence-electron chi connectivity index (χ3n) is 6.20. The van der Waals surface area contributed by atoms with E-state index >= 15 is 0 Å². The summed E-state index contributed by atoms with van der Waals surface area (Å²) in [6.45, 7) is 3.61. The van der Waals surface area contributed by atoms with Crippen molar-refractivity contribution in [2.75, 3.05) is 13.2 Å². The second-order valence-electron chi connectivity index (χ2n) is 7.66. The highest BCUT2D eigenvalue weighted by Gasteiger charge is 2.41. The number of hydrogen-bond acceptors (Lipinski definition) is 2. The van der Waals surface area contributed by atoms with E-state index in [2.05, 4.69) is 48.9 Å². The van der Waals surface area contributed by atoms with Gasteiger partial charge >= 0.3 is 0 Å². The minimum Gasteiger partial charge on any atom is -0.376 e. The van der Waals surface area contributed by atoms with E-state index in [-0.39, 0.29) is 18.1 Å². The molecule has 0 radical (unpaired) electrons. The average molecular weight is 360 g/mol. The normalized spacial score (nSPS) is 22.0. The van der Waals surface area contributed by atoms with Crippen molar-refractivity contribution in [2.24, 2.45) is 7.05 Å². The number of ether oxygens (including phenoxy) is 1. The largest absolute Gasteiger partial charge is 0.376 e. The molecule has 0 aliphatic carbocycles. The molecule has 138 valence electrons. The number of hydrogen-bond donors (Lipinski definition) is 0. The molecule has 4 heteroatoms. The van der Waals surface area contributed by atoms with E-state index in [1.807, 2.05) is 23.1 Å². The number of amides is 1. The van der Waals surface area contributed by atoms with Crippen LogP contribution in [0.3, 0.4) is 0 Å². The zero-order valence-corrected chi connectivity index (χ0v) is 15.8. The lowest BCUT2D eigenvalue weighted by atomic mass is 9.95. The lowest BCUT2D eigenvalue weighted by molar-refractivity contribution is 0.0500. The molecular weight excluding hydrogens is 336 g/mol. The summed E-state index contributed by atoms with van der Waals surface area (Å²) in [5, 5.41) is 1.23. The topological polar surface area (TPSA) is 34.5 Å². The first-order valence-electron chi connectivity index (χ1n) is 9.72. The van der Waals surface area contributed by atoms with Crippen LogP contribution < -0.4 is 0 Å². The van der Waals surface area contributed by atoms with Gasteiger partial charge in [-0.3, -0.25) is 4.79 Å². The quantitative estimate of drug-likeness (QED) is 0.701. The maximum absolute atomic E-state index is 13.3. The Balaban J connectivity index is 1.70. The molecule has 0 saturated carbocycles. The molecule has 2 aromatic carbocycles. The van der Waals surface area contributed by atoms with Crippen LogP contribution in [0.25, 0.3) is 10.9 Å². The summed E-state index contributed by atoms with van der Waals surface area (Å²) in [7, 11) is 2.11. The molecule has 1 fully saturated rings. The van der Waals surface area contributed by atoms with Gasteiger partial charge in [0.2, 0.25) is 0 Å². The number of benzene rings is 2. The van der Waals surface area contributed by atoms with Crippen molar-refractivity contribution in [3.63, 3.8) is 0 Å². The molecule has 5 rings (SSSR count). The number of aromatic nitrogens is 1. The minimum atomic E-state index is -0.0519. The van der Waals surface area contributed by atoms with Crippen molar-refractivity contribution in [2.45, 2.75) is 31.9 Å². The van der Waals surface area contributed by atoms with Crippen molar-refractivity contribution in [3.05, 3.63) is 70.9 Å². The Morgan fingerprint density at radius 3 is 2.70 bits per heavy atom. The van der Waals surface area contributed by atoms with Crippen LogP contribution in [-0.4, -0.2) is 34.6 Å². The summed E-state index contributed by atoms with van der Waals surface area (Å²) in [6.07, 6.45) is 2.25. The molecule has 0 N–H and O–H groups in total. The van der Waals surface area contributed by atoms with Gasteiger partial charge in [-0.15, -0.1) is 0 Å². The van der Waals surface area contributed by atoms with Crippen LogP contribution >= 0.6 is 0 Å². The second kappa shape index (κ2) is 6.24. The van der Waals surface area contributed by atoms with Gasteiger partial charge < -0.3 is 14.2 Å². The Bertz CT molecular complexity index is 1030. The van der Waals surface area contributed by atoms with E-state index in [0.717, 1.165) is 30.6 Å². The molecule has 2 aliphatic rings. The molecule has 1 saturated heterocycles. The SMILES string of the molecule is Cc1c([C@H]2c3ccccc3C(=O)N2C[C@H]2CCCO2)c2ccccc2n1C. The van der Waals surface area contributed by atoms with E-state index in [1.165, 1.54) is 22.2 Å². The third kappa shape index (κ3) is 2.43. The summed E-state index contributed by atoms with van der Waals surface area (Å²) < 4.78 is 8.11. The molecule has 27 heavy (non-hydrogen) atoms. The van der Waals surface area contributed by atoms with Crippen LogP contribution in [0.4, 0.5) is 0 Å². The van der Waals surface area contributed by atoms with E-state index in [4.69, 9.17) is 4.74 Å². The number of carbonyl (C=O) groups excluding carboxylic acids is 1. The van der Waals surface area contributed by atoms with Crippen molar-refractivity contribution >= 4 is 16.8 Å². The molecular formula is C23H24N2O2. The maximum Gasteiger partial charge on any atom is 0.255 e. The average Bonchev–Trinajstić information content (AvgIpc) is 3.36. The van der Waals surface area contributed by atoms with Crippen molar-refractivity contribution in [1.29, 1.82) is 0 Å². The van der Waals surface area contributed by atoms with Crippen molar-refractivity contribution in [1.82, 2.24) is 9.47 Å². The van der Waals surface area contributed by atoms with Crippen LogP contribution in [0.1, 0.15) is 46.1 Å². The number of para-hydroxylation sites is 1. The van der Waals surface area contributed by atoms with Crippen LogP contribution in [-0.2, 0) is 11.8 Å². The van der Waals surface area contributed by atoms with E-state index in [9.17, 15) is 4.79 Å². The molecule has 0 unspecified atom stereocenters. The zero-order valence-electron chi connectivity index (χ0n) is 15.8. The van der Waals surface area contributed by atoms with Gasteiger partial charge in [0.1, 0.15) is 0 Å². The maximum atomic E-state index is 13.3. The Morgan fingerprint density at radius 2 is 1.89 bits per heavy atom. The van der Waals surface area contributed by atoms with Gasteiger partial charge in [-0.2, -0.15) is 0 Å². The first-order chi connectivity index (χ1) is 13.2. The molecule has 4 nitrogen and oxygen atoms in total. The predicted octanol–water partition coefficient (Wildman–Crippen LogP) is 4.21. The third-order valence-corrected chi connectivity index (χ3v) is 6.20. The fourth-order valence-corrected chi connectivity index (χ4v) is 4.77. The lowest BCUT2D eigenvalue weighted by Crippen LogP contribution is -2.36. The van der Waals surface area contributed by atoms with Gasteiger partial charge in [0.05, 0.1) is 12.1 Å². The molecule has 0 bridgehead atoms. The molecule has 0 spiro atoms. The minimum absolute atomic E-state index is 0.0519. The molecule has 2 aliphatic heterocycles. The predicted molar refractivity (Wildman–Crippen MR) is 106 cm³/mol. The Morgan fingerprint density at radius 1 is 1.11 bits per heavy atom. The molecule has 3 aromatic rings. The van der Waals surface area contributed by atoms with Crippen molar-refractivity contribution < 1.29 is 9.53 Å². The van der Waals surface area contributed by atoms with Gasteiger partial charge in [-0.25, -0.2) is 0 Å². The van der Waals surface area contributed by atoms with Crippen molar-refractivity contribution in [3.8, 4) is 0 Å². The first-order valence-corrected chi connectivity index (χ1v) is 9.72. The Hall–Kier alpha value is -2.59. The summed E-state index contributed by atoms with van der Waals surface area (Å²) in [4.78, 5) is 15.3. The van der Waals surface area contributed by atoms with Gasteiger partial charge in [0.15, 0.2) is 0 Å². The Labute approximate surface area is 159 Å². The highest BCUT2D eigenvalue weighted by molar-refractivity contribution is 6.01. The van der Waals surface area contributed by atoms with Crippen LogP contribution in [0, 0.1) is 6.92 Å². The number of aryl methyl sites for hydroxylation is 1. The van der Waals surface area contributed by atoms with E-state index in [1.54, 1.807) is 0 Å². The van der Waals surface area contributed by atoms with Gasteiger partial charge in [-0.05, 0) is 37.5 Å². The van der Waals surface area contributed by atoms with Crippen LogP contribution in [0.5, 0.6) is 0 Å². The van der Waals surface area contributed by atoms with E-state index in [0.29, 0.717) is 6.54 Å². The fourth-order valence-electron chi connectivity index (χ4n) is 4.77. The number of fused-ring (bicyclic) bond motifs is 2. The highest BCUT2D eigenvalue weighted by atomic mass is 16.5. The summed E-state index contributed by atoms with van der Waals surface area (Å²) >= 11 is 0. The number of carbonyl (C=O) groups is 1. The smallest absolute Gasteiger partial charge is 0.255 e. The molecule has 1 aromatic heterocycles. The molecule has 1 amide bonds. The number of rotatable bonds is 3. The first kappa shape index (κ1) is 16.6. The van der Waals surface area contributed by atoms with Crippen LogP contribution in [0.2, 0.25) is 0 Å². The van der Waals surface area contributed by atoms with Gasteiger partial charge in [-0.1, -0.05) is 36.4 Å². The lowest BCUT2D eigenvalue weighted by Gasteiger charge is -2.28. The fraction of sp³-hybridized carbons (Fsp3) is 0.348. The highest BCUT2D eigenvalue weighted by Crippen LogP contribution is 2.43. The number of nitrogens with zero attached hydrogens (tertiary/aromatic N) is 2. The van der Waals surface area contributed by atoms with Gasteiger partial charge in [0.25, 0.3) is 5.91 Å². The second-order valence-corrected chi connectivity index (χ2v) is 7.66. The van der Waals surface area contributed by atoms with Crippen LogP contribution in [0.15, 0.2) is 48.5 Å².